The highest BCUT2D eigenvalue weighted by atomic mass is 16.2. The molecule has 0 saturated carbocycles. The lowest BCUT2D eigenvalue weighted by Crippen LogP contribution is -2.49. The van der Waals surface area contributed by atoms with Gasteiger partial charge in [0.15, 0.2) is 0 Å². The van der Waals surface area contributed by atoms with Crippen LogP contribution in [0.3, 0.4) is 0 Å². The van der Waals surface area contributed by atoms with Crippen LogP contribution in [-0.2, 0) is 9.59 Å². The van der Waals surface area contributed by atoms with Crippen molar-refractivity contribution in [3.05, 3.63) is 35.4 Å². The van der Waals surface area contributed by atoms with Crippen LogP contribution < -0.4 is 10.6 Å². The van der Waals surface area contributed by atoms with Crippen molar-refractivity contribution in [2.45, 2.75) is 46.1 Å². The normalized spacial score (nSPS) is 17.5. The van der Waals surface area contributed by atoms with Gasteiger partial charge in [-0.3, -0.25) is 14.4 Å². The van der Waals surface area contributed by atoms with E-state index < -0.39 is 0 Å². The lowest BCUT2D eigenvalue weighted by molar-refractivity contribution is -0.130. The minimum absolute atomic E-state index is 0.0431. The Bertz CT molecular complexity index is 662. The molecule has 26 heavy (non-hydrogen) atoms. The number of carbonyl (C=O) groups excluding carboxylic acids is 3. The van der Waals surface area contributed by atoms with Crippen molar-refractivity contribution >= 4 is 17.7 Å². The maximum atomic E-state index is 12.6. The number of carbonyl (C=O) groups is 3. The molecule has 1 saturated heterocycles. The van der Waals surface area contributed by atoms with Gasteiger partial charge < -0.3 is 15.5 Å². The predicted octanol–water partition coefficient (Wildman–Crippen LogP) is 1.88. The Morgan fingerprint density at radius 1 is 1.15 bits per heavy atom. The van der Waals surface area contributed by atoms with Gasteiger partial charge in [-0.2, -0.15) is 0 Å². The lowest BCUT2D eigenvalue weighted by Gasteiger charge is -2.32. The number of nitrogens with one attached hydrogen (secondary N) is 2. The lowest BCUT2D eigenvalue weighted by atomic mass is 9.96. The van der Waals surface area contributed by atoms with E-state index in [9.17, 15) is 14.4 Å². The number of hydrogen-bond donors (Lipinski definition) is 2. The summed E-state index contributed by atoms with van der Waals surface area (Å²) >= 11 is 0. The average molecular weight is 359 g/mol. The molecule has 142 valence electrons. The van der Waals surface area contributed by atoms with Crippen LogP contribution in [0.1, 0.15) is 49.5 Å². The van der Waals surface area contributed by atoms with Gasteiger partial charge in [0.05, 0.1) is 12.5 Å². The third kappa shape index (κ3) is 5.86. The number of rotatable bonds is 4. The molecule has 0 aromatic heterocycles. The summed E-state index contributed by atoms with van der Waals surface area (Å²) in [5.41, 5.74) is 1.41. The molecule has 0 aliphatic carbocycles. The molecule has 1 unspecified atom stereocenters. The van der Waals surface area contributed by atoms with Gasteiger partial charge in [-0.05, 0) is 52.7 Å². The SMILES string of the molecule is Cc1ccc(C(=O)N2CCCC(C(=O)NCC(=O)NC(C)(C)C)C2)cc1. The van der Waals surface area contributed by atoms with Crippen molar-refractivity contribution in [1.82, 2.24) is 15.5 Å². The molecule has 2 rings (SSSR count). The summed E-state index contributed by atoms with van der Waals surface area (Å²) in [6, 6.07) is 7.46. The van der Waals surface area contributed by atoms with E-state index in [1.807, 2.05) is 52.0 Å². The Labute approximate surface area is 155 Å². The first-order valence-electron chi connectivity index (χ1n) is 9.10. The van der Waals surface area contributed by atoms with Gasteiger partial charge in [-0.25, -0.2) is 0 Å². The van der Waals surface area contributed by atoms with E-state index in [4.69, 9.17) is 0 Å². The van der Waals surface area contributed by atoms with E-state index in [0.717, 1.165) is 18.4 Å². The van der Waals surface area contributed by atoms with Crippen LogP contribution in [-0.4, -0.2) is 47.8 Å². The monoisotopic (exact) mass is 359 g/mol. The second-order valence-corrected chi connectivity index (χ2v) is 7.97. The number of nitrogens with zero attached hydrogens (tertiary/aromatic N) is 1. The number of amides is 3. The van der Waals surface area contributed by atoms with Crippen LogP contribution in [0.4, 0.5) is 0 Å². The van der Waals surface area contributed by atoms with Gasteiger partial charge in [-0.15, -0.1) is 0 Å². The quantitative estimate of drug-likeness (QED) is 0.861. The van der Waals surface area contributed by atoms with Crippen LogP contribution in [0.15, 0.2) is 24.3 Å². The van der Waals surface area contributed by atoms with Crippen LogP contribution >= 0.6 is 0 Å². The largest absolute Gasteiger partial charge is 0.350 e. The minimum atomic E-state index is -0.329. The van der Waals surface area contributed by atoms with E-state index in [1.54, 1.807) is 4.90 Å². The summed E-state index contributed by atoms with van der Waals surface area (Å²) < 4.78 is 0. The van der Waals surface area contributed by atoms with Gasteiger partial charge in [0.2, 0.25) is 11.8 Å². The molecule has 0 spiro atoms. The third-order valence-electron chi connectivity index (χ3n) is 4.32. The van der Waals surface area contributed by atoms with Gasteiger partial charge in [0.25, 0.3) is 5.91 Å². The van der Waals surface area contributed by atoms with Crippen LogP contribution in [0.25, 0.3) is 0 Å². The number of aryl methyl sites for hydroxylation is 1. The van der Waals surface area contributed by atoms with Gasteiger partial charge >= 0.3 is 0 Å². The van der Waals surface area contributed by atoms with Gasteiger partial charge in [0, 0.05) is 24.2 Å². The van der Waals surface area contributed by atoms with Gasteiger partial charge in [0.1, 0.15) is 0 Å². The molecule has 2 N–H and O–H groups in total. The van der Waals surface area contributed by atoms with E-state index in [0.29, 0.717) is 18.7 Å². The number of hydrogen-bond acceptors (Lipinski definition) is 3. The van der Waals surface area contributed by atoms with Crippen LogP contribution in [0, 0.1) is 12.8 Å². The summed E-state index contributed by atoms with van der Waals surface area (Å²) in [5, 5.41) is 5.50. The molecule has 6 nitrogen and oxygen atoms in total. The van der Waals surface area contributed by atoms with Crippen LogP contribution in [0.2, 0.25) is 0 Å². The minimum Gasteiger partial charge on any atom is -0.350 e. The number of benzene rings is 1. The molecule has 1 fully saturated rings. The first-order valence-corrected chi connectivity index (χ1v) is 9.10. The molecule has 1 heterocycles. The fourth-order valence-electron chi connectivity index (χ4n) is 3.03. The molecule has 6 heteroatoms. The van der Waals surface area contributed by atoms with E-state index in [-0.39, 0.29) is 35.7 Å². The molecule has 1 aromatic carbocycles. The summed E-state index contributed by atoms with van der Waals surface area (Å²) in [6.45, 7) is 8.65. The molecule has 1 aromatic rings. The molecule has 1 aliphatic rings. The van der Waals surface area contributed by atoms with Crippen molar-refractivity contribution in [1.29, 1.82) is 0 Å². The predicted molar refractivity (Wildman–Crippen MR) is 101 cm³/mol. The Balaban J connectivity index is 1.88. The first-order chi connectivity index (χ1) is 12.2. The third-order valence-corrected chi connectivity index (χ3v) is 4.32. The zero-order chi connectivity index (χ0) is 19.3. The second-order valence-electron chi connectivity index (χ2n) is 7.97. The molecule has 1 aliphatic heterocycles. The molecule has 3 amide bonds. The maximum absolute atomic E-state index is 12.6. The molecule has 1 atom stereocenters. The Morgan fingerprint density at radius 2 is 1.81 bits per heavy atom. The van der Waals surface area contributed by atoms with E-state index in [1.165, 1.54) is 0 Å². The Kier molecular flexibility index (Phi) is 6.40. The van der Waals surface area contributed by atoms with Crippen molar-refractivity contribution < 1.29 is 14.4 Å². The fourth-order valence-corrected chi connectivity index (χ4v) is 3.03. The summed E-state index contributed by atoms with van der Waals surface area (Å²) in [7, 11) is 0. The number of likely N-dealkylation sites (tertiary alicyclic amines) is 1. The topological polar surface area (TPSA) is 78.5 Å². The molecular weight excluding hydrogens is 330 g/mol. The average Bonchev–Trinajstić information content (AvgIpc) is 2.58. The van der Waals surface area contributed by atoms with Crippen LogP contribution in [0.5, 0.6) is 0 Å². The van der Waals surface area contributed by atoms with Crippen molar-refractivity contribution in [2.24, 2.45) is 5.92 Å². The number of piperidine rings is 1. The summed E-state index contributed by atoms with van der Waals surface area (Å²) in [5.74, 6) is -0.710. The van der Waals surface area contributed by atoms with E-state index >= 15 is 0 Å². The first kappa shape index (κ1) is 19.9. The van der Waals surface area contributed by atoms with Crippen molar-refractivity contribution in [2.75, 3.05) is 19.6 Å². The summed E-state index contributed by atoms with van der Waals surface area (Å²) in [6.07, 6.45) is 1.51. The van der Waals surface area contributed by atoms with Crippen molar-refractivity contribution in [3.8, 4) is 0 Å². The highest BCUT2D eigenvalue weighted by Crippen LogP contribution is 2.19. The van der Waals surface area contributed by atoms with Gasteiger partial charge in [-0.1, -0.05) is 17.7 Å². The fraction of sp³-hybridized carbons (Fsp3) is 0.550. The molecule has 0 radical (unpaired) electrons. The molecular formula is C20H29N3O3. The zero-order valence-corrected chi connectivity index (χ0v) is 16.1. The Hall–Kier alpha value is -2.37. The maximum Gasteiger partial charge on any atom is 0.253 e. The highest BCUT2D eigenvalue weighted by Gasteiger charge is 2.29. The smallest absolute Gasteiger partial charge is 0.253 e. The Morgan fingerprint density at radius 3 is 2.42 bits per heavy atom. The summed E-state index contributed by atoms with van der Waals surface area (Å²) in [4.78, 5) is 38.6. The standard InChI is InChI=1S/C20H29N3O3/c1-14-7-9-15(10-8-14)19(26)23-11-5-6-16(13-23)18(25)21-12-17(24)22-20(2,3)4/h7-10,16H,5-6,11-13H2,1-4H3,(H,21,25)(H,22,24). The van der Waals surface area contributed by atoms with E-state index in [2.05, 4.69) is 10.6 Å². The molecule has 0 bridgehead atoms. The second kappa shape index (κ2) is 8.34. The zero-order valence-electron chi connectivity index (χ0n) is 16.1. The highest BCUT2D eigenvalue weighted by molar-refractivity contribution is 5.95. The van der Waals surface area contributed by atoms with Crippen molar-refractivity contribution in [3.63, 3.8) is 0 Å².